The Morgan fingerprint density at radius 1 is 1.53 bits per heavy atom. The highest BCUT2D eigenvalue weighted by atomic mass is 35.5. The van der Waals surface area contributed by atoms with Crippen molar-refractivity contribution < 1.29 is 9.69 Å². The highest BCUT2D eigenvalue weighted by Gasteiger charge is 2.45. The van der Waals surface area contributed by atoms with Crippen molar-refractivity contribution in [2.75, 3.05) is 30.9 Å². The number of benzene rings is 1. The van der Waals surface area contributed by atoms with Crippen molar-refractivity contribution in [3.05, 3.63) is 29.3 Å². The van der Waals surface area contributed by atoms with E-state index >= 15 is 0 Å². The second-order valence-corrected chi connectivity index (χ2v) is 6.10. The summed E-state index contributed by atoms with van der Waals surface area (Å²) in [7, 11) is 2.23. The Kier molecular flexibility index (Phi) is 3.27. The number of anilines is 1. The number of hydrogen-bond acceptors (Lipinski definition) is 1. The lowest BCUT2D eigenvalue weighted by Crippen LogP contribution is -3.11. The maximum atomic E-state index is 12.2. The summed E-state index contributed by atoms with van der Waals surface area (Å²) in [6.07, 6.45) is 1.06. The molecule has 0 spiro atoms. The van der Waals surface area contributed by atoms with E-state index in [0.29, 0.717) is 12.0 Å². The summed E-state index contributed by atoms with van der Waals surface area (Å²) >= 11 is 5.79. The van der Waals surface area contributed by atoms with Crippen LogP contribution in [0.1, 0.15) is 23.5 Å². The number of carbonyl (C=O) groups is 1. The normalized spacial score (nSPS) is 29.0. The molecular weight excluding hydrogens is 260 g/mol. The van der Waals surface area contributed by atoms with Crippen LogP contribution in [-0.4, -0.2) is 38.0 Å². The molecule has 3 atom stereocenters. The number of likely N-dealkylation sites (N-methyl/N-ethyl adjacent to an activating group) is 1. The second-order valence-electron chi connectivity index (χ2n) is 5.83. The molecule has 0 aromatic heterocycles. The zero-order chi connectivity index (χ0) is 13.6. The van der Waals surface area contributed by atoms with Crippen LogP contribution in [0, 0.1) is 6.92 Å². The van der Waals surface area contributed by atoms with Crippen LogP contribution >= 0.6 is 11.6 Å². The van der Waals surface area contributed by atoms with Crippen LogP contribution in [-0.2, 0) is 4.79 Å². The Morgan fingerprint density at radius 2 is 2.32 bits per heavy atom. The molecule has 0 radical (unpaired) electrons. The maximum absolute atomic E-state index is 12.2. The smallest absolute Gasteiger partial charge is 0.242 e. The van der Waals surface area contributed by atoms with E-state index in [4.69, 9.17) is 11.6 Å². The third-order valence-electron chi connectivity index (χ3n) is 4.46. The zero-order valence-electron chi connectivity index (χ0n) is 11.4. The van der Waals surface area contributed by atoms with Crippen LogP contribution in [0.2, 0.25) is 0 Å². The molecule has 1 N–H and O–H groups in total. The number of aryl methyl sites for hydroxylation is 1. The summed E-state index contributed by atoms with van der Waals surface area (Å²) in [5.74, 6) is 0.578. The third kappa shape index (κ3) is 2.05. The molecule has 1 fully saturated rings. The van der Waals surface area contributed by atoms with Crippen molar-refractivity contribution in [1.82, 2.24) is 0 Å². The number of hydrogen-bond donors (Lipinski definition) is 1. The molecule has 0 saturated carbocycles. The van der Waals surface area contributed by atoms with Gasteiger partial charge in [-0.2, -0.15) is 0 Å². The van der Waals surface area contributed by atoms with E-state index < -0.39 is 0 Å². The third-order valence-corrected chi connectivity index (χ3v) is 4.69. The van der Waals surface area contributed by atoms with Gasteiger partial charge in [0.05, 0.1) is 32.1 Å². The predicted octanol–water partition coefficient (Wildman–Crippen LogP) is 0.951. The quantitative estimate of drug-likeness (QED) is 0.761. The molecule has 2 heterocycles. The number of carbonyl (C=O) groups excluding carboxylic acids is 1. The van der Waals surface area contributed by atoms with Crippen molar-refractivity contribution in [3.63, 3.8) is 0 Å². The fourth-order valence-corrected chi connectivity index (χ4v) is 3.72. The first-order valence-electron chi connectivity index (χ1n) is 6.91. The Labute approximate surface area is 119 Å². The van der Waals surface area contributed by atoms with Gasteiger partial charge in [0, 0.05) is 12.1 Å². The molecule has 102 valence electrons. The van der Waals surface area contributed by atoms with Crippen molar-refractivity contribution in [2.24, 2.45) is 0 Å². The summed E-state index contributed by atoms with van der Waals surface area (Å²) in [6.45, 7) is 4.34. The Morgan fingerprint density at radius 3 is 3.05 bits per heavy atom. The van der Waals surface area contributed by atoms with E-state index in [-0.39, 0.29) is 11.8 Å². The lowest BCUT2D eigenvalue weighted by Gasteiger charge is -2.34. The van der Waals surface area contributed by atoms with Gasteiger partial charge < -0.3 is 9.80 Å². The molecule has 1 unspecified atom stereocenters. The van der Waals surface area contributed by atoms with E-state index in [9.17, 15) is 4.79 Å². The number of fused-ring (bicyclic) bond motifs is 3. The first-order chi connectivity index (χ1) is 9.11. The number of rotatable bonds is 1. The van der Waals surface area contributed by atoms with Gasteiger partial charge in [0.25, 0.3) is 0 Å². The van der Waals surface area contributed by atoms with E-state index in [1.165, 1.54) is 11.1 Å². The Balaban J connectivity index is 2.06. The number of alkyl halides is 1. The fraction of sp³-hybridized carbons (Fsp3) is 0.533. The van der Waals surface area contributed by atoms with Crippen molar-refractivity contribution >= 4 is 23.2 Å². The van der Waals surface area contributed by atoms with Crippen LogP contribution in [0.25, 0.3) is 0 Å². The van der Waals surface area contributed by atoms with Gasteiger partial charge in [0.15, 0.2) is 0 Å². The Hall–Kier alpha value is -1.06. The van der Waals surface area contributed by atoms with Gasteiger partial charge in [-0.1, -0.05) is 17.7 Å². The van der Waals surface area contributed by atoms with Crippen LogP contribution < -0.4 is 9.80 Å². The standard InChI is InChI=1S/C15H19ClN2O/c1-10-3-4-13-11(7-10)12-9-17(2)6-5-14(12)18(13)15(19)8-16/h3-4,7,12,14H,5-6,8-9H2,1-2H3/p+1/t12-,14+/m1/s1. The summed E-state index contributed by atoms with van der Waals surface area (Å²) in [5.41, 5.74) is 3.68. The molecule has 0 bridgehead atoms. The SMILES string of the molecule is Cc1ccc2c(c1)[C@H]1C[NH+](C)CC[C@@H]1N2C(=O)CCl. The minimum Gasteiger partial charge on any atom is -0.337 e. The average molecular weight is 280 g/mol. The summed E-state index contributed by atoms with van der Waals surface area (Å²) in [5, 5.41) is 0. The number of nitrogens with one attached hydrogen (secondary N) is 1. The van der Waals surface area contributed by atoms with Gasteiger partial charge in [0.1, 0.15) is 5.88 Å². The summed E-state index contributed by atoms with van der Waals surface area (Å²) in [4.78, 5) is 15.7. The predicted molar refractivity (Wildman–Crippen MR) is 77.2 cm³/mol. The van der Waals surface area contributed by atoms with Gasteiger partial charge in [-0.3, -0.25) is 4.79 Å². The average Bonchev–Trinajstić information content (AvgIpc) is 2.71. The van der Waals surface area contributed by atoms with Crippen LogP contribution in [0.15, 0.2) is 18.2 Å². The number of nitrogens with zero attached hydrogens (tertiary/aromatic N) is 1. The van der Waals surface area contributed by atoms with E-state index in [1.807, 2.05) is 4.90 Å². The number of likely N-dealkylation sites (tertiary alicyclic amines) is 1. The Bertz CT molecular complexity index is 517. The molecule has 3 rings (SSSR count). The molecular formula is C15H20ClN2O+. The summed E-state index contributed by atoms with van der Waals surface area (Å²) < 4.78 is 0. The van der Waals surface area contributed by atoms with Crippen LogP contribution in [0.5, 0.6) is 0 Å². The molecule has 2 aliphatic rings. The topological polar surface area (TPSA) is 24.8 Å². The zero-order valence-corrected chi connectivity index (χ0v) is 12.2. The molecule has 4 heteroatoms. The van der Waals surface area contributed by atoms with Crippen LogP contribution in [0.3, 0.4) is 0 Å². The van der Waals surface area contributed by atoms with Gasteiger partial charge in [-0.25, -0.2) is 0 Å². The highest BCUT2D eigenvalue weighted by Crippen LogP contribution is 2.43. The van der Waals surface area contributed by atoms with Crippen molar-refractivity contribution in [3.8, 4) is 0 Å². The van der Waals surface area contributed by atoms with Gasteiger partial charge >= 0.3 is 0 Å². The number of halogens is 1. The molecule has 2 aliphatic heterocycles. The van der Waals surface area contributed by atoms with E-state index in [0.717, 1.165) is 25.2 Å². The molecule has 19 heavy (non-hydrogen) atoms. The lowest BCUT2D eigenvalue weighted by atomic mass is 9.89. The molecule has 1 amide bonds. The molecule has 1 aromatic carbocycles. The molecule has 1 saturated heterocycles. The highest BCUT2D eigenvalue weighted by molar-refractivity contribution is 6.29. The van der Waals surface area contributed by atoms with E-state index in [2.05, 4.69) is 32.2 Å². The van der Waals surface area contributed by atoms with E-state index in [1.54, 1.807) is 4.90 Å². The number of amides is 1. The van der Waals surface area contributed by atoms with Gasteiger partial charge in [-0.05, 0) is 18.6 Å². The minimum atomic E-state index is 0.0406. The monoisotopic (exact) mass is 279 g/mol. The summed E-state index contributed by atoms with van der Waals surface area (Å²) in [6, 6.07) is 6.73. The fourth-order valence-electron chi connectivity index (χ4n) is 3.59. The van der Waals surface area contributed by atoms with Crippen molar-refractivity contribution in [2.45, 2.75) is 25.3 Å². The largest absolute Gasteiger partial charge is 0.337 e. The maximum Gasteiger partial charge on any atom is 0.242 e. The molecule has 3 nitrogen and oxygen atoms in total. The minimum absolute atomic E-state index is 0.0406. The number of quaternary nitrogens is 1. The van der Waals surface area contributed by atoms with Gasteiger partial charge in [-0.15, -0.1) is 11.6 Å². The lowest BCUT2D eigenvalue weighted by molar-refractivity contribution is -0.886. The van der Waals surface area contributed by atoms with Crippen LogP contribution in [0.4, 0.5) is 5.69 Å². The first kappa shape index (κ1) is 12.9. The molecule has 0 aliphatic carbocycles. The molecule has 1 aromatic rings. The first-order valence-corrected chi connectivity index (χ1v) is 7.45. The second kappa shape index (κ2) is 4.80. The van der Waals surface area contributed by atoms with Gasteiger partial charge in [0.2, 0.25) is 5.91 Å². The number of piperidine rings is 1. The van der Waals surface area contributed by atoms with Crippen molar-refractivity contribution in [1.29, 1.82) is 0 Å².